The molecule has 0 N–H and O–H groups in total. The zero-order valence-electron chi connectivity index (χ0n) is 10.5. The fourth-order valence-electron chi connectivity index (χ4n) is 1.82. The Morgan fingerprint density at radius 1 is 1.39 bits per heavy atom. The molecular weight excluding hydrogens is 228 g/mol. The Kier molecular flexibility index (Phi) is 3.77. The van der Waals surface area contributed by atoms with Gasteiger partial charge in [-0.1, -0.05) is 19.1 Å². The zero-order valence-corrected chi connectivity index (χ0v) is 10.5. The first kappa shape index (κ1) is 12.4. The summed E-state index contributed by atoms with van der Waals surface area (Å²) >= 11 is 0. The third-order valence-electron chi connectivity index (χ3n) is 2.93. The number of rotatable bonds is 4. The summed E-state index contributed by atoms with van der Waals surface area (Å²) in [5.41, 5.74) is 1.12. The second-order valence-corrected chi connectivity index (χ2v) is 4.22. The van der Waals surface area contributed by atoms with Gasteiger partial charge >= 0.3 is 0 Å². The molecule has 0 aliphatic carbocycles. The van der Waals surface area contributed by atoms with Gasteiger partial charge in [0.05, 0.1) is 7.11 Å². The molecule has 0 aliphatic heterocycles. The summed E-state index contributed by atoms with van der Waals surface area (Å²) in [6.45, 7) is 2.03. The second-order valence-electron chi connectivity index (χ2n) is 4.22. The molecule has 0 spiro atoms. The van der Waals surface area contributed by atoms with E-state index in [-0.39, 0.29) is 11.8 Å². The number of benzene rings is 1. The fourth-order valence-corrected chi connectivity index (χ4v) is 1.82. The molecule has 0 fully saturated rings. The van der Waals surface area contributed by atoms with Gasteiger partial charge in [-0.2, -0.15) is 5.10 Å². The Morgan fingerprint density at radius 3 is 2.67 bits per heavy atom. The highest BCUT2D eigenvalue weighted by Crippen LogP contribution is 2.22. The first-order valence-corrected chi connectivity index (χ1v) is 5.87. The maximum Gasteiger partial charge on any atom is 0.247 e. The van der Waals surface area contributed by atoms with Crippen molar-refractivity contribution in [3.63, 3.8) is 0 Å². The highest BCUT2D eigenvalue weighted by molar-refractivity contribution is 5.78. The van der Waals surface area contributed by atoms with Crippen molar-refractivity contribution in [2.45, 2.75) is 19.3 Å². The molecule has 1 aromatic heterocycles. The Hall–Kier alpha value is -2.10. The highest BCUT2D eigenvalue weighted by atomic mass is 16.5. The number of hydrogen-bond donors (Lipinski definition) is 0. The molecule has 0 saturated carbocycles. The zero-order chi connectivity index (χ0) is 13.0. The van der Waals surface area contributed by atoms with E-state index in [1.165, 1.54) is 4.68 Å². The van der Waals surface area contributed by atoms with Gasteiger partial charge in [-0.15, -0.1) is 0 Å². The van der Waals surface area contributed by atoms with Crippen molar-refractivity contribution in [2.24, 2.45) is 0 Å². The van der Waals surface area contributed by atoms with Crippen LogP contribution in [0.2, 0.25) is 0 Å². The van der Waals surface area contributed by atoms with Crippen LogP contribution in [-0.4, -0.2) is 22.8 Å². The average Bonchev–Trinajstić information content (AvgIpc) is 2.92. The van der Waals surface area contributed by atoms with Crippen molar-refractivity contribution < 1.29 is 9.53 Å². The number of methoxy groups -OCH3 is 1. The summed E-state index contributed by atoms with van der Waals surface area (Å²) in [4.78, 5) is 11.9. The first-order chi connectivity index (χ1) is 8.70. The van der Waals surface area contributed by atoms with E-state index in [4.69, 9.17) is 4.74 Å². The van der Waals surface area contributed by atoms with Crippen LogP contribution >= 0.6 is 0 Å². The van der Waals surface area contributed by atoms with E-state index in [1.807, 2.05) is 31.2 Å². The van der Waals surface area contributed by atoms with Gasteiger partial charge in [-0.3, -0.25) is 4.79 Å². The van der Waals surface area contributed by atoms with Gasteiger partial charge < -0.3 is 4.74 Å². The van der Waals surface area contributed by atoms with Gasteiger partial charge in [0.1, 0.15) is 5.75 Å². The predicted molar refractivity (Wildman–Crippen MR) is 68.9 cm³/mol. The second kappa shape index (κ2) is 5.49. The largest absolute Gasteiger partial charge is 0.497 e. The maximum atomic E-state index is 11.9. The van der Waals surface area contributed by atoms with E-state index in [0.29, 0.717) is 6.42 Å². The molecule has 1 aromatic carbocycles. The molecule has 2 aromatic rings. The normalized spacial score (nSPS) is 12.1. The van der Waals surface area contributed by atoms with Crippen LogP contribution in [0.25, 0.3) is 0 Å². The van der Waals surface area contributed by atoms with E-state index in [0.717, 1.165) is 11.3 Å². The van der Waals surface area contributed by atoms with Gasteiger partial charge in [-0.05, 0) is 29.7 Å². The van der Waals surface area contributed by atoms with Gasteiger partial charge in [0.2, 0.25) is 5.91 Å². The summed E-state index contributed by atoms with van der Waals surface area (Å²) in [5.74, 6) is 0.986. The topological polar surface area (TPSA) is 44.1 Å². The molecular formula is C14H16N2O2. The van der Waals surface area contributed by atoms with Crippen LogP contribution in [0.4, 0.5) is 0 Å². The summed E-state index contributed by atoms with van der Waals surface area (Å²) in [5, 5.41) is 3.94. The van der Waals surface area contributed by atoms with Crippen LogP contribution in [0.5, 0.6) is 5.75 Å². The molecule has 0 radical (unpaired) electrons. The summed E-state index contributed by atoms with van der Waals surface area (Å²) in [6, 6.07) is 9.53. The van der Waals surface area contributed by atoms with Crippen LogP contribution in [0.15, 0.2) is 42.7 Å². The minimum Gasteiger partial charge on any atom is -0.497 e. The summed E-state index contributed by atoms with van der Waals surface area (Å²) in [7, 11) is 1.64. The van der Waals surface area contributed by atoms with E-state index in [1.54, 1.807) is 25.6 Å². The van der Waals surface area contributed by atoms with Crippen LogP contribution in [0, 0.1) is 0 Å². The van der Waals surface area contributed by atoms with Crippen LogP contribution < -0.4 is 4.74 Å². The third-order valence-corrected chi connectivity index (χ3v) is 2.93. The number of carbonyl (C=O) groups excluding carboxylic acids is 1. The average molecular weight is 244 g/mol. The molecule has 1 atom stereocenters. The van der Waals surface area contributed by atoms with E-state index < -0.39 is 0 Å². The quantitative estimate of drug-likeness (QED) is 0.830. The van der Waals surface area contributed by atoms with Gasteiger partial charge in [0.15, 0.2) is 0 Å². The van der Waals surface area contributed by atoms with Crippen molar-refractivity contribution in [1.29, 1.82) is 0 Å². The summed E-state index contributed by atoms with van der Waals surface area (Å²) < 4.78 is 6.48. The van der Waals surface area contributed by atoms with Crippen molar-refractivity contribution in [2.75, 3.05) is 7.11 Å². The fraction of sp³-hybridized carbons (Fsp3) is 0.286. The molecule has 1 heterocycles. The first-order valence-electron chi connectivity index (χ1n) is 5.87. The van der Waals surface area contributed by atoms with E-state index in [9.17, 15) is 4.79 Å². The summed E-state index contributed by atoms with van der Waals surface area (Å²) in [6.07, 6.45) is 3.72. The molecule has 18 heavy (non-hydrogen) atoms. The monoisotopic (exact) mass is 244 g/mol. The van der Waals surface area contributed by atoms with Crippen LogP contribution in [-0.2, 0) is 0 Å². The Bertz CT molecular complexity index is 503. The molecule has 0 aliphatic rings. The molecule has 0 saturated heterocycles. The van der Waals surface area contributed by atoms with E-state index >= 15 is 0 Å². The minimum atomic E-state index is 0.00307. The highest BCUT2D eigenvalue weighted by Gasteiger charge is 2.12. The van der Waals surface area contributed by atoms with E-state index in [2.05, 4.69) is 5.10 Å². The molecule has 1 unspecified atom stereocenters. The lowest BCUT2D eigenvalue weighted by Crippen LogP contribution is -2.13. The minimum absolute atomic E-state index is 0.00307. The van der Waals surface area contributed by atoms with Crippen molar-refractivity contribution >= 4 is 5.91 Å². The lowest BCUT2D eigenvalue weighted by Gasteiger charge is -2.11. The lowest BCUT2D eigenvalue weighted by molar-refractivity contribution is 0.0879. The number of carbonyl (C=O) groups is 1. The SMILES string of the molecule is COc1ccc(C(C)CC(=O)n2cccn2)cc1. The number of nitrogens with zero attached hydrogens (tertiary/aromatic N) is 2. The number of hydrogen-bond acceptors (Lipinski definition) is 3. The van der Waals surface area contributed by atoms with Gasteiger partial charge in [-0.25, -0.2) is 4.68 Å². The van der Waals surface area contributed by atoms with Crippen molar-refractivity contribution in [3.05, 3.63) is 48.3 Å². The molecule has 0 amide bonds. The van der Waals surface area contributed by atoms with Gasteiger partial charge in [0.25, 0.3) is 0 Å². The lowest BCUT2D eigenvalue weighted by atomic mass is 9.97. The smallest absolute Gasteiger partial charge is 0.247 e. The standard InChI is InChI=1S/C14H16N2O2/c1-11(10-14(17)16-9-3-8-15-16)12-4-6-13(18-2)7-5-12/h3-9,11H,10H2,1-2H3. The molecule has 94 valence electrons. The molecule has 0 bridgehead atoms. The van der Waals surface area contributed by atoms with Gasteiger partial charge in [0, 0.05) is 18.8 Å². The Balaban J connectivity index is 2.02. The maximum absolute atomic E-state index is 11.9. The predicted octanol–water partition coefficient (Wildman–Crippen LogP) is 2.73. The number of aromatic nitrogens is 2. The van der Waals surface area contributed by atoms with Crippen molar-refractivity contribution in [3.8, 4) is 5.75 Å². The molecule has 2 rings (SSSR count). The Morgan fingerprint density at radius 2 is 2.11 bits per heavy atom. The third kappa shape index (κ3) is 2.77. The molecule has 4 nitrogen and oxygen atoms in total. The Labute approximate surface area is 106 Å². The number of ether oxygens (including phenoxy) is 1. The molecule has 4 heteroatoms. The van der Waals surface area contributed by atoms with Crippen molar-refractivity contribution in [1.82, 2.24) is 9.78 Å². The van der Waals surface area contributed by atoms with Crippen LogP contribution in [0.3, 0.4) is 0 Å². The van der Waals surface area contributed by atoms with Crippen LogP contribution in [0.1, 0.15) is 29.6 Å².